The molecule has 5 heteroatoms. The molecule has 124 valence electrons. The van der Waals surface area contributed by atoms with Gasteiger partial charge in [0.05, 0.1) is 5.69 Å². The highest BCUT2D eigenvalue weighted by atomic mass is 16.5. The second-order valence-corrected chi connectivity index (χ2v) is 6.98. The van der Waals surface area contributed by atoms with Crippen LogP contribution in [0.1, 0.15) is 58.4 Å². The standard InChI is InChI=1S/C17H28N2O3/c1-5-11(6-2)16(21)18-15-8-12(17(15,3)4)7-13-9-14(10-20)22-19-13/h9,11-12,15,20H,5-8,10H2,1-4H3,(H,18,21)/t12-,15+/m1/s1. The molecular formula is C17H28N2O3. The lowest BCUT2D eigenvalue weighted by Gasteiger charge is -2.52. The number of aromatic nitrogens is 1. The van der Waals surface area contributed by atoms with Crippen LogP contribution >= 0.6 is 0 Å². The van der Waals surface area contributed by atoms with Crippen molar-refractivity contribution in [3.8, 4) is 0 Å². The fourth-order valence-electron chi connectivity index (χ4n) is 3.34. The predicted molar refractivity (Wildman–Crippen MR) is 84.0 cm³/mol. The van der Waals surface area contributed by atoms with Crippen LogP contribution in [0.4, 0.5) is 0 Å². The van der Waals surface area contributed by atoms with E-state index in [1.54, 1.807) is 0 Å². The van der Waals surface area contributed by atoms with Crippen LogP contribution in [0.15, 0.2) is 10.6 Å². The maximum absolute atomic E-state index is 12.2. The van der Waals surface area contributed by atoms with Gasteiger partial charge in [-0.25, -0.2) is 0 Å². The van der Waals surface area contributed by atoms with Gasteiger partial charge in [0.1, 0.15) is 6.61 Å². The van der Waals surface area contributed by atoms with Crippen LogP contribution in [0, 0.1) is 17.3 Å². The van der Waals surface area contributed by atoms with Crippen molar-refractivity contribution < 1.29 is 14.4 Å². The van der Waals surface area contributed by atoms with Crippen LogP contribution in [0.2, 0.25) is 0 Å². The summed E-state index contributed by atoms with van der Waals surface area (Å²) in [6.07, 6.45) is 3.58. The van der Waals surface area contributed by atoms with Crippen molar-refractivity contribution in [1.82, 2.24) is 10.5 Å². The van der Waals surface area contributed by atoms with E-state index in [-0.39, 0.29) is 29.9 Å². The minimum atomic E-state index is -0.116. The van der Waals surface area contributed by atoms with Gasteiger partial charge in [-0.2, -0.15) is 0 Å². The van der Waals surface area contributed by atoms with Gasteiger partial charge in [0.15, 0.2) is 5.76 Å². The van der Waals surface area contributed by atoms with Gasteiger partial charge in [0.2, 0.25) is 5.91 Å². The largest absolute Gasteiger partial charge is 0.388 e. The molecule has 1 aliphatic carbocycles. The van der Waals surface area contributed by atoms with Crippen LogP contribution in [0.25, 0.3) is 0 Å². The summed E-state index contributed by atoms with van der Waals surface area (Å²) in [6.45, 7) is 8.41. The highest BCUT2D eigenvalue weighted by molar-refractivity contribution is 5.79. The number of hydrogen-bond donors (Lipinski definition) is 2. The maximum Gasteiger partial charge on any atom is 0.223 e. The van der Waals surface area contributed by atoms with Crippen LogP contribution < -0.4 is 5.32 Å². The van der Waals surface area contributed by atoms with Crippen molar-refractivity contribution >= 4 is 5.91 Å². The molecule has 0 aliphatic heterocycles. The summed E-state index contributed by atoms with van der Waals surface area (Å²) in [7, 11) is 0. The van der Waals surface area contributed by atoms with Gasteiger partial charge >= 0.3 is 0 Å². The Balaban J connectivity index is 1.90. The fourth-order valence-corrected chi connectivity index (χ4v) is 3.34. The predicted octanol–water partition coefficient (Wildman–Crippen LogP) is 2.68. The molecule has 1 aliphatic rings. The number of aliphatic hydroxyl groups excluding tert-OH is 1. The Morgan fingerprint density at radius 1 is 1.50 bits per heavy atom. The van der Waals surface area contributed by atoms with Gasteiger partial charge in [-0.05, 0) is 37.0 Å². The first kappa shape index (κ1) is 17.0. The second kappa shape index (κ2) is 6.82. The van der Waals surface area contributed by atoms with E-state index in [2.05, 4.69) is 38.2 Å². The Bertz CT molecular complexity index is 506. The zero-order valence-corrected chi connectivity index (χ0v) is 14.1. The quantitative estimate of drug-likeness (QED) is 0.812. The molecule has 1 saturated carbocycles. The molecule has 1 amide bonds. The summed E-state index contributed by atoms with van der Waals surface area (Å²) < 4.78 is 5.03. The number of carbonyl (C=O) groups excluding carboxylic acids is 1. The zero-order valence-electron chi connectivity index (χ0n) is 14.1. The first-order valence-electron chi connectivity index (χ1n) is 8.28. The normalized spacial score (nSPS) is 23.4. The van der Waals surface area contributed by atoms with Gasteiger partial charge in [0, 0.05) is 18.0 Å². The fraction of sp³-hybridized carbons (Fsp3) is 0.765. The molecule has 0 saturated heterocycles. The lowest BCUT2D eigenvalue weighted by molar-refractivity contribution is -0.129. The summed E-state index contributed by atoms with van der Waals surface area (Å²) >= 11 is 0. The summed E-state index contributed by atoms with van der Waals surface area (Å²) in [5.41, 5.74) is 0.937. The van der Waals surface area contributed by atoms with Crippen molar-refractivity contribution in [3.63, 3.8) is 0 Å². The van der Waals surface area contributed by atoms with Crippen molar-refractivity contribution in [2.75, 3.05) is 0 Å². The van der Waals surface area contributed by atoms with E-state index in [0.29, 0.717) is 11.7 Å². The van der Waals surface area contributed by atoms with Gasteiger partial charge < -0.3 is 14.9 Å². The van der Waals surface area contributed by atoms with Crippen LogP contribution in [0.5, 0.6) is 0 Å². The topological polar surface area (TPSA) is 75.4 Å². The molecular weight excluding hydrogens is 280 g/mol. The van der Waals surface area contributed by atoms with E-state index in [4.69, 9.17) is 9.63 Å². The lowest BCUT2D eigenvalue weighted by atomic mass is 9.57. The number of nitrogens with zero attached hydrogens (tertiary/aromatic N) is 1. The van der Waals surface area contributed by atoms with Gasteiger partial charge in [0.25, 0.3) is 0 Å². The molecule has 22 heavy (non-hydrogen) atoms. The SMILES string of the molecule is CCC(CC)C(=O)N[C@H]1C[C@@H](Cc2cc(CO)on2)C1(C)C. The summed E-state index contributed by atoms with van der Waals surface area (Å²) in [6, 6.07) is 2.04. The van der Waals surface area contributed by atoms with E-state index < -0.39 is 0 Å². The second-order valence-electron chi connectivity index (χ2n) is 6.98. The van der Waals surface area contributed by atoms with Crippen LogP contribution in [-0.4, -0.2) is 22.2 Å². The molecule has 2 rings (SSSR count). The minimum Gasteiger partial charge on any atom is -0.388 e. The Morgan fingerprint density at radius 3 is 2.68 bits per heavy atom. The van der Waals surface area contributed by atoms with E-state index in [1.165, 1.54) is 0 Å². The molecule has 1 aromatic rings. The van der Waals surface area contributed by atoms with E-state index in [1.807, 2.05) is 6.07 Å². The van der Waals surface area contributed by atoms with Crippen molar-refractivity contribution in [3.05, 3.63) is 17.5 Å². The smallest absolute Gasteiger partial charge is 0.223 e. The van der Waals surface area contributed by atoms with Gasteiger partial charge in [-0.3, -0.25) is 4.79 Å². The number of hydrogen-bond acceptors (Lipinski definition) is 4. The zero-order chi connectivity index (χ0) is 16.3. The minimum absolute atomic E-state index is 0.0556. The molecule has 2 atom stereocenters. The number of carbonyl (C=O) groups is 1. The number of nitrogens with one attached hydrogen (secondary N) is 1. The molecule has 5 nitrogen and oxygen atoms in total. The van der Waals surface area contributed by atoms with E-state index in [0.717, 1.165) is 31.4 Å². The molecule has 2 N–H and O–H groups in total. The Labute approximate surface area is 132 Å². The van der Waals surface area contributed by atoms with E-state index >= 15 is 0 Å². The molecule has 0 unspecified atom stereocenters. The van der Waals surface area contributed by atoms with Crippen molar-refractivity contribution in [2.45, 2.75) is 66.0 Å². The Kier molecular flexibility index (Phi) is 5.27. The van der Waals surface area contributed by atoms with Gasteiger partial charge in [-0.15, -0.1) is 0 Å². The highest BCUT2D eigenvalue weighted by Crippen LogP contribution is 2.47. The first-order chi connectivity index (χ1) is 10.4. The maximum atomic E-state index is 12.2. The summed E-state index contributed by atoms with van der Waals surface area (Å²) in [4.78, 5) is 12.2. The molecule has 0 spiro atoms. The Hall–Kier alpha value is -1.36. The average Bonchev–Trinajstić information content (AvgIpc) is 2.95. The average molecular weight is 308 g/mol. The Morgan fingerprint density at radius 2 is 2.18 bits per heavy atom. The van der Waals surface area contributed by atoms with E-state index in [9.17, 15) is 4.79 Å². The monoisotopic (exact) mass is 308 g/mol. The molecule has 0 bridgehead atoms. The molecule has 1 heterocycles. The highest BCUT2D eigenvalue weighted by Gasteiger charge is 2.48. The third-order valence-corrected chi connectivity index (χ3v) is 5.36. The lowest BCUT2D eigenvalue weighted by Crippen LogP contribution is -2.59. The number of rotatable bonds is 7. The number of aliphatic hydroxyl groups is 1. The van der Waals surface area contributed by atoms with Crippen molar-refractivity contribution in [2.24, 2.45) is 17.3 Å². The summed E-state index contributed by atoms with van der Waals surface area (Å²) in [5.74, 6) is 1.28. The molecule has 0 radical (unpaired) electrons. The van der Waals surface area contributed by atoms with Crippen LogP contribution in [-0.2, 0) is 17.8 Å². The van der Waals surface area contributed by atoms with Gasteiger partial charge in [-0.1, -0.05) is 32.9 Å². The van der Waals surface area contributed by atoms with Crippen molar-refractivity contribution in [1.29, 1.82) is 0 Å². The molecule has 1 aromatic heterocycles. The molecule has 0 aromatic carbocycles. The third-order valence-electron chi connectivity index (χ3n) is 5.36. The summed E-state index contributed by atoms with van der Waals surface area (Å²) in [5, 5.41) is 16.2. The number of amides is 1. The molecule has 1 fully saturated rings. The van der Waals surface area contributed by atoms with Crippen LogP contribution in [0.3, 0.4) is 0 Å². The first-order valence-corrected chi connectivity index (χ1v) is 8.28. The third kappa shape index (κ3) is 3.35.